The highest BCUT2D eigenvalue weighted by Crippen LogP contribution is 2.06. The number of carbonyl (C=O) groups excluding carboxylic acids is 2. The normalized spacial score (nSPS) is 10.9. The highest BCUT2D eigenvalue weighted by atomic mass is 16.4. The van der Waals surface area contributed by atoms with Crippen molar-refractivity contribution in [3.05, 3.63) is 71.8 Å². The van der Waals surface area contributed by atoms with Gasteiger partial charge in [-0.15, -0.1) is 0 Å². The lowest BCUT2D eigenvalue weighted by Gasteiger charge is -2.07. The molecular formula is C20H21N3O4. The molecule has 0 saturated carbocycles. The van der Waals surface area contributed by atoms with Crippen molar-refractivity contribution in [2.24, 2.45) is 5.10 Å². The van der Waals surface area contributed by atoms with E-state index < -0.39 is 11.9 Å². The Kier molecular flexibility index (Phi) is 7.71. The number of carbonyl (C=O) groups is 3. The Balaban J connectivity index is 1.87. The summed E-state index contributed by atoms with van der Waals surface area (Å²) in [5.74, 6) is -1.70. The van der Waals surface area contributed by atoms with Crippen LogP contribution in [0.3, 0.4) is 0 Å². The van der Waals surface area contributed by atoms with Crippen molar-refractivity contribution in [3.63, 3.8) is 0 Å². The van der Waals surface area contributed by atoms with Gasteiger partial charge in [-0.2, -0.15) is 5.10 Å². The molecule has 3 N–H and O–H groups in total. The molecule has 0 aliphatic heterocycles. The maximum absolute atomic E-state index is 11.9. The van der Waals surface area contributed by atoms with Crippen LogP contribution in [0.15, 0.2) is 65.8 Å². The van der Waals surface area contributed by atoms with Gasteiger partial charge in [0.1, 0.15) is 0 Å². The number of aliphatic carboxylic acids is 1. The molecule has 27 heavy (non-hydrogen) atoms. The van der Waals surface area contributed by atoms with Gasteiger partial charge in [0, 0.05) is 6.42 Å². The maximum Gasteiger partial charge on any atom is 0.303 e. The number of rotatable bonds is 9. The third kappa shape index (κ3) is 7.52. The molecule has 0 heterocycles. The summed E-state index contributed by atoms with van der Waals surface area (Å²) in [6.07, 6.45) is 0.267. The molecule has 0 aromatic heterocycles. The van der Waals surface area contributed by atoms with Crippen molar-refractivity contribution >= 4 is 23.5 Å². The summed E-state index contributed by atoms with van der Waals surface area (Å²) in [4.78, 5) is 34.6. The number of nitrogens with zero attached hydrogens (tertiary/aromatic N) is 1. The molecule has 0 fully saturated rings. The molecule has 140 valence electrons. The van der Waals surface area contributed by atoms with Crippen LogP contribution < -0.4 is 10.7 Å². The topological polar surface area (TPSA) is 108 Å². The Morgan fingerprint density at radius 2 is 1.48 bits per heavy atom. The molecule has 0 radical (unpaired) electrons. The first-order chi connectivity index (χ1) is 13.0. The fourth-order valence-corrected chi connectivity index (χ4v) is 2.31. The van der Waals surface area contributed by atoms with Crippen LogP contribution in [0.2, 0.25) is 0 Å². The van der Waals surface area contributed by atoms with E-state index in [1.54, 1.807) is 24.3 Å². The number of carboxylic acids is 1. The highest BCUT2D eigenvalue weighted by Gasteiger charge is 2.09. The van der Waals surface area contributed by atoms with Gasteiger partial charge in [0.15, 0.2) is 0 Å². The Morgan fingerprint density at radius 1 is 0.852 bits per heavy atom. The zero-order valence-electron chi connectivity index (χ0n) is 14.7. The summed E-state index contributed by atoms with van der Waals surface area (Å²) in [5, 5.41) is 15.4. The van der Waals surface area contributed by atoms with Crippen LogP contribution in [0.5, 0.6) is 0 Å². The second-order valence-electron chi connectivity index (χ2n) is 5.79. The predicted octanol–water partition coefficient (Wildman–Crippen LogP) is 1.73. The molecule has 7 nitrogen and oxygen atoms in total. The fourth-order valence-electron chi connectivity index (χ4n) is 2.31. The van der Waals surface area contributed by atoms with Gasteiger partial charge >= 0.3 is 5.97 Å². The SMILES string of the molecule is O=C(O)CC/C(=N/NC(=O)CNC(=O)Cc1ccccc1)c1ccccc1. The fraction of sp³-hybridized carbons (Fsp3) is 0.200. The van der Waals surface area contributed by atoms with E-state index in [9.17, 15) is 14.4 Å². The average Bonchev–Trinajstić information content (AvgIpc) is 2.67. The molecule has 0 aliphatic rings. The summed E-state index contributed by atoms with van der Waals surface area (Å²) in [6, 6.07) is 18.2. The molecule has 0 bridgehead atoms. The van der Waals surface area contributed by atoms with Crippen molar-refractivity contribution in [2.45, 2.75) is 19.3 Å². The average molecular weight is 367 g/mol. The number of hydrogen-bond donors (Lipinski definition) is 3. The zero-order chi connectivity index (χ0) is 19.5. The number of hydrogen-bond acceptors (Lipinski definition) is 4. The van der Waals surface area contributed by atoms with Crippen molar-refractivity contribution in [1.82, 2.24) is 10.7 Å². The number of hydrazone groups is 1. The number of nitrogens with one attached hydrogen (secondary N) is 2. The smallest absolute Gasteiger partial charge is 0.303 e. The Morgan fingerprint density at radius 3 is 2.11 bits per heavy atom. The van der Waals surface area contributed by atoms with Gasteiger partial charge in [-0.05, 0) is 11.1 Å². The van der Waals surface area contributed by atoms with Gasteiger partial charge in [0.05, 0.1) is 25.1 Å². The Bertz CT molecular complexity index is 804. The van der Waals surface area contributed by atoms with E-state index in [0.29, 0.717) is 5.71 Å². The van der Waals surface area contributed by atoms with Gasteiger partial charge in [-0.3, -0.25) is 14.4 Å². The number of carboxylic acid groups (broad SMARTS) is 1. The molecule has 0 unspecified atom stereocenters. The van der Waals surface area contributed by atoms with Gasteiger partial charge in [-0.25, -0.2) is 5.43 Å². The number of amides is 2. The molecule has 0 spiro atoms. The van der Waals surface area contributed by atoms with Crippen molar-refractivity contribution in [3.8, 4) is 0 Å². The van der Waals surface area contributed by atoms with E-state index in [4.69, 9.17) is 5.11 Å². The van der Waals surface area contributed by atoms with Crippen molar-refractivity contribution in [2.75, 3.05) is 6.54 Å². The molecule has 0 aliphatic carbocycles. The van der Waals surface area contributed by atoms with Crippen molar-refractivity contribution in [1.29, 1.82) is 0 Å². The molecule has 7 heteroatoms. The van der Waals surface area contributed by atoms with Crippen LogP contribution in [-0.2, 0) is 20.8 Å². The summed E-state index contributed by atoms with van der Waals surface area (Å²) in [6.45, 7) is -0.212. The molecule has 2 amide bonds. The lowest BCUT2D eigenvalue weighted by molar-refractivity contribution is -0.136. The minimum absolute atomic E-state index is 0.0998. The van der Waals surface area contributed by atoms with Gasteiger partial charge in [0.25, 0.3) is 5.91 Å². The van der Waals surface area contributed by atoms with Crippen LogP contribution in [-0.4, -0.2) is 35.1 Å². The van der Waals surface area contributed by atoms with E-state index in [1.165, 1.54) is 0 Å². The first-order valence-electron chi connectivity index (χ1n) is 8.48. The molecule has 0 atom stereocenters. The van der Waals surface area contributed by atoms with Crippen molar-refractivity contribution < 1.29 is 19.5 Å². The van der Waals surface area contributed by atoms with E-state index >= 15 is 0 Å². The zero-order valence-corrected chi connectivity index (χ0v) is 14.7. The molecule has 0 saturated heterocycles. The highest BCUT2D eigenvalue weighted by molar-refractivity contribution is 6.02. The maximum atomic E-state index is 11.9. The minimum Gasteiger partial charge on any atom is -0.481 e. The third-order valence-electron chi connectivity index (χ3n) is 3.65. The molecule has 2 aromatic rings. The first kappa shape index (κ1) is 19.8. The quantitative estimate of drug-likeness (QED) is 0.463. The van der Waals surface area contributed by atoms with Gasteiger partial charge in [0.2, 0.25) is 5.91 Å². The Labute approximate surface area is 157 Å². The molecular weight excluding hydrogens is 346 g/mol. The first-order valence-corrected chi connectivity index (χ1v) is 8.48. The van der Waals surface area contributed by atoms with Gasteiger partial charge < -0.3 is 10.4 Å². The lowest BCUT2D eigenvalue weighted by atomic mass is 10.1. The summed E-state index contributed by atoms with van der Waals surface area (Å²) in [7, 11) is 0. The molecule has 2 rings (SSSR count). The predicted molar refractivity (Wildman–Crippen MR) is 101 cm³/mol. The number of benzene rings is 2. The van der Waals surface area contributed by atoms with E-state index in [-0.39, 0.29) is 31.7 Å². The van der Waals surface area contributed by atoms with E-state index in [0.717, 1.165) is 11.1 Å². The van der Waals surface area contributed by atoms with Crippen LogP contribution in [0, 0.1) is 0 Å². The second kappa shape index (κ2) is 10.5. The van der Waals surface area contributed by atoms with Crippen LogP contribution in [0.4, 0.5) is 0 Å². The molecule has 2 aromatic carbocycles. The van der Waals surface area contributed by atoms with Crippen LogP contribution in [0.25, 0.3) is 0 Å². The summed E-state index contributed by atoms with van der Waals surface area (Å²) < 4.78 is 0. The largest absolute Gasteiger partial charge is 0.481 e. The minimum atomic E-state index is -0.946. The van der Waals surface area contributed by atoms with E-state index in [1.807, 2.05) is 36.4 Å². The second-order valence-corrected chi connectivity index (χ2v) is 5.79. The lowest BCUT2D eigenvalue weighted by Crippen LogP contribution is -2.36. The summed E-state index contributed by atoms with van der Waals surface area (Å²) >= 11 is 0. The standard InChI is InChI=1S/C20H21N3O4/c24-18(13-15-7-3-1-4-8-15)21-14-19(25)23-22-17(11-12-20(26)27)16-9-5-2-6-10-16/h1-10H,11-14H2,(H,21,24)(H,23,25)(H,26,27)/b22-17-. The summed E-state index contributed by atoms with van der Waals surface area (Å²) in [5.41, 5.74) is 4.41. The van der Waals surface area contributed by atoms with Crippen LogP contribution >= 0.6 is 0 Å². The van der Waals surface area contributed by atoms with Gasteiger partial charge in [-0.1, -0.05) is 60.7 Å². The monoisotopic (exact) mass is 367 g/mol. The van der Waals surface area contributed by atoms with Crippen LogP contribution in [0.1, 0.15) is 24.0 Å². The third-order valence-corrected chi connectivity index (χ3v) is 3.65. The Hall–Kier alpha value is -3.48. The van der Waals surface area contributed by atoms with E-state index in [2.05, 4.69) is 15.8 Å².